The average Bonchev–Trinajstić information content (AvgIpc) is 2.80. The number of hydrogen-bond donors (Lipinski definition) is 0. The van der Waals surface area contributed by atoms with Gasteiger partial charge in [-0.15, -0.1) is 0 Å². The molecule has 0 bridgehead atoms. The molecule has 6 heteroatoms. The normalized spacial score (nSPS) is 10.7. The van der Waals surface area contributed by atoms with Crippen LogP contribution in [0.2, 0.25) is 5.02 Å². The molecule has 100 valence electrons. The van der Waals surface area contributed by atoms with Crippen molar-refractivity contribution in [3.8, 4) is 0 Å². The Morgan fingerprint density at radius 2 is 2.26 bits per heavy atom. The van der Waals surface area contributed by atoms with Gasteiger partial charge in [0, 0.05) is 16.6 Å². The Labute approximate surface area is 124 Å². The summed E-state index contributed by atoms with van der Waals surface area (Å²) in [6, 6.07) is 5.15. The third kappa shape index (κ3) is 3.42. The Bertz CT molecular complexity index is 597. The molecule has 0 N–H and O–H groups in total. The third-order valence-corrected chi connectivity index (χ3v) is 3.91. The summed E-state index contributed by atoms with van der Waals surface area (Å²) in [5, 5.41) is 4.70. The van der Waals surface area contributed by atoms with Crippen LogP contribution in [0.5, 0.6) is 0 Å². The summed E-state index contributed by atoms with van der Waals surface area (Å²) >= 11 is 9.22. The first-order valence-electron chi connectivity index (χ1n) is 5.96. The topological polar surface area (TPSA) is 47.8 Å². The number of ketones is 1. The zero-order chi connectivity index (χ0) is 13.8. The van der Waals surface area contributed by atoms with E-state index in [1.807, 2.05) is 0 Å². The van der Waals surface area contributed by atoms with E-state index >= 15 is 0 Å². The molecular formula is C13H13BrClN3O. The Kier molecular flexibility index (Phi) is 4.71. The minimum atomic E-state index is 0.00252. The van der Waals surface area contributed by atoms with Crippen molar-refractivity contribution in [1.82, 2.24) is 14.8 Å². The SMILES string of the molecule is CCCn1ncnc1CC(=O)c1ccc(Cl)c(Br)c1. The maximum atomic E-state index is 12.2. The Balaban J connectivity index is 2.16. The average molecular weight is 343 g/mol. The number of benzene rings is 1. The van der Waals surface area contributed by atoms with Gasteiger partial charge >= 0.3 is 0 Å². The van der Waals surface area contributed by atoms with Gasteiger partial charge in [-0.3, -0.25) is 4.79 Å². The van der Waals surface area contributed by atoms with Gasteiger partial charge in [-0.2, -0.15) is 5.10 Å². The maximum Gasteiger partial charge on any atom is 0.170 e. The molecule has 4 nitrogen and oxygen atoms in total. The number of hydrogen-bond acceptors (Lipinski definition) is 3. The van der Waals surface area contributed by atoms with Crippen LogP contribution in [0.25, 0.3) is 0 Å². The van der Waals surface area contributed by atoms with E-state index < -0.39 is 0 Å². The lowest BCUT2D eigenvalue weighted by atomic mass is 10.1. The van der Waals surface area contributed by atoms with Gasteiger partial charge in [0.1, 0.15) is 12.2 Å². The predicted molar refractivity (Wildman–Crippen MR) is 77.5 cm³/mol. The number of rotatable bonds is 5. The summed E-state index contributed by atoms with van der Waals surface area (Å²) in [7, 11) is 0. The molecule has 1 heterocycles. The van der Waals surface area contributed by atoms with Crippen LogP contribution in [-0.4, -0.2) is 20.5 Å². The summed E-state index contributed by atoms with van der Waals surface area (Å²) in [6.45, 7) is 2.83. The molecule has 0 fully saturated rings. The molecule has 1 aromatic heterocycles. The van der Waals surface area contributed by atoms with E-state index in [2.05, 4.69) is 32.9 Å². The minimum Gasteiger partial charge on any atom is -0.294 e. The molecule has 0 saturated carbocycles. The van der Waals surface area contributed by atoms with E-state index in [0.29, 0.717) is 16.4 Å². The fourth-order valence-corrected chi connectivity index (χ4v) is 2.24. The van der Waals surface area contributed by atoms with Gasteiger partial charge in [0.2, 0.25) is 0 Å². The second kappa shape index (κ2) is 6.30. The summed E-state index contributed by atoms with van der Waals surface area (Å²) in [4.78, 5) is 16.3. The zero-order valence-corrected chi connectivity index (χ0v) is 12.8. The van der Waals surface area contributed by atoms with Gasteiger partial charge in [0.25, 0.3) is 0 Å². The molecule has 0 unspecified atom stereocenters. The van der Waals surface area contributed by atoms with Crippen LogP contribution in [0.1, 0.15) is 29.5 Å². The van der Waals surface area contributed by atoms with Crippen LogP contribution < -0.4 is 0 Å². The van der Waals surface area contributed by atoms with E-state index in [9.17, 15) is 4.79 Å². The van der Waals surface area contributed by atoms with Crippen molar-refractivity contribution in [2.45, 2.75) is 26.3 Å². The predicted octanol–water partition coefficient (Wildman–Crippen LogP) is 3.53. The smallest absolute Gasteiger partial charge is 0.170 e. The van der Waals surface area contributed by atoms with Crippen molar-refractivity contribution >= 4 is 33.3 Å². The number of nitrogens with zero attached hydrogens (tertiary/aromatic N) is 3. The molecule has 0 amide bonds. The monoisotopic (exact) mass is 341 g/mol. The maximum absolute atomic E-state index is 12.2. The van der Waals surface area contributed by atoms with Crippen molar-refractivity contribution in [2.75, 3.05) is 0 Å². The van der Waals surface area contributed by atoms with Crippen LogP contribution in [0.3, 0.4) is 0 Å². The molecule has 2 aromatic rings. The summed E-state index contributed by atoms with van der Waals surface area (Å²) in [6.07, 6.45) is 2.68. The van der Waals surface area contributed by atoms with Crippen LogP contribution in [0, 0.1) is 0 Å². The fraction of sp³-hybridized carbons (Fsp3) is 0.308. The zero-order valence-electron chi connectivity index (χ0n) is 10.4. The van der Waals surface area contributed by atoms with Gasteiger partial charge in [0.05, 0.1) is 11.4 Å². The standard InChI is InChI=1S/C13H13BrClN3O/c1-2-5-18-13(16-8-17-18)7-12(19)9-3-4-11(15)10(14)6-9/h3-4,6,8H,2,5,7H2,1H3. The lowest BCUT2D eigenvalue weighted by Crippen LogP contribution is -2.11. The number of carbonyl (C=O) groups is 1. The van der Waals surface area contributed by atoms with E-state index in [-0.39, 0.29) is 12.2 Å². The number of Topliss-reactive ketones (excluding diaryl/α,β-unsaturated/α-hetero) is 1. The highest BCUT2D eigenvalue weighted by molar-refractivity contribution is 9.10. The largest absolute Gasteiger partial charge is 0.294 e. The van der Waals surface area contributed by atoms with Gasteiger partial charge in [-0.05, 0) is 40.5 Å². The first-order chi connectivity index (χ1) is 9.11. The van der Waals surface area contributed by atoms with Crippen LogP contribution in [0.4, 0.5) is 0 Å². The molecule has 1 aromatic carbocycles. The van der Waals surface area contributed by atoms with Crippen LogP contribution in [0.15, 0.2) is 29.0 Å². The molecular weight excluding hydrogens is 330 g/mol. The molecule has 0 atom stereocenters. The number of aryl methyl sites for hydroxylation is 1. The Hall–Kier alpha value is -1.20. The highest BCUT2D eigenvalue weighted by atomic mass is 79.9. The summed E-state index contributed by atoms with van der Waals surface area (Å²) < 4.78 is 2.48. The first-order valence-corrected chi connectivity index (χ1v) is 7.14. The minimum absolute atomic E-state index is 0.00252. The van der Waals surface area contributed by atoms with Crippen molar-refractivity contribution in [1.29, 1.82) is 0 Å². The molecule has 2 rings (SSSR count). The highest BCUT2D eigenvalue weighted by Crippen LogP contribution is 2.23. The van der Waals surface area contributed by atoms with Gasteiger partial charge < -0.3 is 0 Å². The van der Waals surface area contributed by atoms with E-state index in [0.717, 1.165) is 17.4 Å². The summed E-state index contributed by atoms with van der Waals surface area (Å²) in [5.74, 6) is 0.695. The lowest BCUT2D eigenvalue weighted by Gasteiger charge is -2.05. The highest BCUT2D eigenvalue weighted by Gasteiger charge is 2.13. The van der Waals surface area contributed by atoms with Gasteiger partial charge in [-0.25, -0.2) is 9.67 Å². The van der Waals surface area contributed by atoms with Crippen LogP contribution >= 0.6 is 27.5 Å². The van der Waals surface area contributed by atoms with E-state index in [1.165, 1.54) is 6.33 Å². The molecule has 0 aliphatic heterocycles. The number of halogens is 2. The molecule has 0 saturated heterocycles. The van der Waals surface area contributed by atoms with Gasteiger partial charge in [0.15, 0.2) is 5.78 Å². The van der Waals surface area contributed by atoms with Crippen LogP contribution in [-0.2, 0) is 13.0 Å². The number of aromatic nitrogens is 3. The fourth-order valence-electron chi connectivity index (χ4n) is 1.74. The quantitative estimate of drug-likeness (QED) is 0.781. The van der Waals surface area contributed by atoms with E-state index in [1.54, 1.807) is 22.9 Å². The molecule has 0 aliphatic carbocycles. The molecule has 19 heavy (non-hydrogen) atoms. The van der Waals surface area contributed by atoms with E-state index in [4.69, 9.17) is 11.6 Å². The lowest BCUT2D eigenvalue weighted by molar-refractivity contribution is 0.0989. The second-order valence-electron chi connectivity index (χ2n) is 4.13. The Morgan fingerprint density at radius 1 is 1.47 bits per heavy atom. The number of carbonyl (C=O) groups excluding carboxylic acids is 1. The van der Waals surface area contributed by atoms with Crippen molar-refractivity contribution in [3.63, 3.8) is 0 Å². The van der Waals surface area contributed by atoms with Gasteiger partial charge in [-0.1, -0.05) is 18.5 Å². The first kappa shape index (κ1) is 14.2. The second-order valence-corrected chi connectivity index (χ2v) is 5.39. The van der Waals surface area contributed by atoms with Crippen molar-refractivity contribution in [3.05, 3.63) is 45.4 Å². The molecule has 0 radical (unpaired) electrons. The Morgan fingerprint density at radius 3 is 2.95 bits per heavy atom. The van der Waals surface area contributed by atoms with Crippen molar-refractivity contribution < 1.29 is 4.79 Å². The molecule has 0 aliphatic rings. The summed E-state index contributed by atoms with van der Waals surface area (Å²) in [5.41, 5.74) is 0.613. The molecule has 0 spiro atoms. The van der Waals surface area contributed by atoms with Crippen molar-refractivity contribution in [2.24, 2.45) is 0 Å². The third-order valence-electron chi connectivity index (χ3n) is 2.69.